The van der Waals surface area contributed by atoms with E-state index in [1.54, 1.807) is 12.1 Å². The van der Waals surface area contributed by atoms with E-state index in [4.69, 9.17) is 5.26 Å². The largest absolute Gasteiger partial charge is 0.347 e. The number of carbonyl (C=O) groups excluding carboxylic acids is 1. The number of amides is 1. The zero-order chi connectivity index (χ0) is 14.5. The summed E-state index contributed by atoms with van der Waals surface area (Å²) in [7, 11) is 0. The third-order valence-electron chi connectivity index (χ3n) is 2.58. The molecule has 1 aromatic heterocycles. The Morgan fingerprint density at radius 3 is 2.80 bits per heavy atom. The average molecular weight is 334 g/mol. The van der Waals surface area contributed by atoms with E-state index in [-0.39, 0.29) is 23.7 Å². The van der Waals surface area contributed by atoms with E-state index >= 15 is 0 Å². The van der Waals surface area contributed by atoms with Gasteiger partial charge >= 0.3 is 0 Å². The number of nitrogens with one attached hydrogen (secondary N) is 1. The van der Waals surface area contributed by atoms with Crippen LogP contribution in [0.15, 0.2) is 41.0 Å². The molecule has 0 aliphatic rings. The Hall–Kier alpha value is -2.26. The lowest BCUT2D eigenvalue weighted by molar-refractivity contribution is 0.0945. The molecule has 0 fully saturated rings. The van der Waals surface area contributed by atoms with Crippen molar-refractivity contribution in [1.82, 2.24) is 10.3 Å². The Morgan fingerprint density at radius 1 is 1.40 bits per heavy atom. The maximum atomic E-state index is 13.6. The van der Waals surface area contributed by atoms with Gasteiger partial charge in [-0.1, -0.05) is 6.07 Å². The second-order valence-electron chi connectivity index (χ2n) is 3.96. The van der Waals surface area contributed by atoms with Gasteiger partial charge in [-0.25, -0.2) is 9.37 Å². The van der Waals surface area contributed by atoms with Gasteiger partial charge in [0.15, 0.2) is 0 Å². The van der Waals surface area contributed by atoms with Crippen LogP contribution in [-0.2, 0) is 6.54 Å². The highest BCUT2D eigenvalue weighted by molar-refractivity contribution is 9.10. The predicted molar refractivity (Wildman–Crippen MR) is 74.2 cm³/mol. The molecule has 0 saturated heterocycles. The van der Waals surface area contributed by atoms with Gasteiger partial charge in [0.05, 0.1) is 11.6 Å². The molecule has 2 aromatic rings. The maximum absolute atomic E-state index is 13.6. The van der Waals surface area contributed by atoms with E-state index in [2.05, 4.69) is 26.2 Å². The van der Waals surface area contributed by atoms with Crippen LogP contribution in [0.25, 0.3) is 0 Å². The Balaban J connectivity index is 2.04. The summed E-state index contributed by atoms with van der Waals surface area (Å²) in [6, 6.07) is 9.23. The Morgan fingerprint density at radius 2 is 2.20 bits per heavy atom. The fourth-order valence-electron chi connectivity index (χ4n) is 1.54. The van der Waals surface area contributed by atoms with E-state index in [0.29, 0.717) is 5.56 Å². The van der Waals surface area contributed by atoms with Gasteiger partial charge in [0.25, 0.3) is 5.91 Å². The van der Waals surface area contributed by atoms with Gasteiger partial charge in [-0.2, -0.15) is 5.26 Å². The molecule has 1 heterocycles. The molecule has 0 aliphatic carbocycles. The first kappa shape index (κ1) is 14.2. The van der Waals surface area contributed by atoms with Crippen molar-refractivity contribution in [2.45, 2.75) is 6.54 Å². The molecule has 0 saturated carbocycles. The number of hydrogen-bond acceptors (Lipinski definition) is 3. The first-order chi connectivity index (χ1) is 9.60. The molecule has 0 radical (unpaired) electrons. The molecule has 6 heteroatoms. The molecular weight excluding hydrogens is 325 g/mol. The highest BCUT2D eigenvalue weighted by atomic mass is 79.9. The smallest absolute Gasteiger partial charge is 0.270 e. The van der Waals surface area contributed by atoms with Crippen LogP contribution >= 0.6 is 15.9 Å². The van der Waals surface area contributed by atoms with Gasteiger partial charge in [0, 0.05) is 22.8 Å². The van der Waals surface area contributed by atoms with Crippen LogP contribution in [0.1, 0.15) is 21.6 Å². The number of benzene rings is 1. The Kier molecular flexibility index (Phi) is 4.43. The van der Waals surface area contributed by atoms with E-state index < -0.39 is 5.82 Å². The van der Waals surface area contributed by atoms with Gasteiger partial charge in [-0.3, -0.25) is 4.79 Å². The van der Waals surface area contributed by atoms with Crippen molar-refractivity contribution >= 4 is 21.8 Å². The van der Waals surface area contributed by atoms with Crippen molar-refractivity contribution < 1.29 is 9.18 Å². The van der Waals surface area contributed by atoms with E-state index in [1.165, 1.54) is 18.3 Å². The number of pyridine rings is 1. The quantitative estimate of drug-likeness (QED) is 0.939. The minimum Gasteiger partial charge on any atom is -0.347 e. The molecule has 0 unspecified atom stereocenters. The molecule has 0 aliphatic heterocycles. The van der Waals surface area contributed by atoms with Crippen LogP contribution in [0.3, 0.4) is 0 Å². The zero-order valence-corrected chi connectivity index (χ0v) is 11.8. The zero-order valence-electron chi connectivity index (χ0n) is 10.2. The van der Waals surface area contributed by atoms with Crippen LogP contribution in [-0.4, -0.2) is 10.9 Å². The van der Waals surface area contributed by atoms with Gasteiger partial charge < -0.3 is 5.32 Å². The predicted octanol–water partition coefficient (Wildman–Crippen LogP) is 2.78. The summed E-state index contributed by atoms with van der Waals surface area (Å²) in [6.07, 6.45) is 1.51. The second-order valence-corrected chi connectivity index (χ2v) is 4.88. The minimum absolute atomic E-state index is 0.0358. The number of carbonyl (C=O) groups is 1. The van der Waals surface area contributed by atoms with Gasteiger partial charge in [-0.15, -0.1) is 0 Å². The van der Waals surface area contributed by atoms with Crippen molar-refractivity contribution in [2.24, 2.45) is 0 Å². The monoisotopic (exact) mass is 333 g/mol. The first-order valence-corrected chi connectivity index (χ1v) is 6.47. The summed E-state index contributed by atoms with van der Waals surface area (Å²) in [5.74, 6) is -0.908. The third-order valence-corrected chi connectivity index (χ3v) is 3.05. The fraction of sp³-hybridized carbons (Fsp3) is 0.0714. The highest BCUT2D eigenvalue weighted by Crippen LogP contribution is 2.10. The molecule has 1 N–H and O–H groups in total. The third kappa shape index (κ3) is 3.39. The van der Waals surface area contributed by atoms with E-state index in [0.717, 1.165) is 10.5 Å². The van der Waals surface area contributed by atoms with Crippen LogP contribution in [0.2, 0.25) is 0 Å². The van der Waals surface area contributed by atoms with Crippen molar-refractivity contribution in [1.29, 1.82) is 5.26 Å². The van der Waals surface area contributed by atoms with Gasteiger partial charge in [0.2, 0.25) is 0 Å². The van der Waals surface area contributed by atoms with Gasteiger partial charge in [0.1, 0.15) is 11.5 Å². The average Bonchev–Trinajstić information content (AvgIpc) is 2.46. The second kappa shape index (κ2) is 6.26. The molecule has 2 rings (SSSR count). The summed E-state index contributed by atoms with van der Waals surface area (Å²) < 4.78 is 14.4. The molecular formula is C14H9BrFN3O. The topological polar surface area (TPSA) is 65.8 Å². The van der Waals surface area contributed by atoms with Crippen LogP contribution in [0.5, 0.6) is 0 Å². The standard InChI is InChI=1S/C14H9BrFN3O/c15-11-3-4-13(18-8-11)14(20)19-7-10-2-1-9(6-17)5-12(10)16/h1-5,8H,7H2,(H,19,20). The van der Waals surface area contributed by atoms with E-state index in [9.17, 15) is 9.18 Å². The van der Waals surface area contributed by atoms with Crippen LogP contribution in [0, 0.1) is 17.1 Å². The fourth-order valence-corrected chi connectivity index (χ4v) is 1.77. The molecule has 4 nitrogen and oxygen atoms in total. The first-order valence-electron chi connectivity index (χ1n) is 5.68. The summed E-state index contributed by atoms with van der Waals surface area (Å²) >= 11 is 3.22. The molecule has 100 valence electrons. The summed E-state index contributed by atoms with van der Waals surface area (Å²) in [6.45, 7) is 0.0358. The Labute approximate surface area is 123 Å². The Bertz CT molecular complexity index is 680. The normalized spacial score (nSPS) is 9.85. The number of hydrogen-bond donors (Lipinski definition) is 1. The van der Waals surface area contributed by atoms with Crippen molar-refractivity contribution in [3.63, 3.8) is 0 Å². The van der Waals surface area contributed by atoms with Gasteiger partial charge in [-0.05, 0) is 40.2 Å². The molecule has 1 aromatic carbocycles. The number of nitrogens with zero attached hydrogens (tertiary/aromatic N) is 2. The lowest BCUT2D eigenvalue weighted by atomic mass is 10.1. The molecule has 0 spiro atoms. The van der Waals surface area contributed by atoms with Crippen LogP contribution < -0.4 is 5.32 Å². The summed E-state index contributed by atoms with van der Waals surface area (Å²) in [5.41, 5.74) is 0.809. The van der Waals surface area contributed by atoms with Crippen molar-refractivity contribution in [2.75, 3.05) is 0 Å². The molecule has 20 heavy (non-hydrogen) atoms. The number of halogens is 2. The SMILES string of the molecule is N#Cc1ccc(CNC(=O)c2ccc(Br)cn2)c(F)c1. The lowest BCUT2D eigenvalue weighted by Gasteiger charge is -2.06. The number of rotatable bonds is 3. The molecule has 0 bridgehead atoms. The number of nitriles is 1. The number of aromatic nitrogens is 1. The summed E-state index contributed by atoms with van der Waals surface area (Å²) in [4.78, 5) is 15.7. The maximum Gasteiger partial charge on any atom is 0.270 e. The van der Waals surface area contributed by atoms with Crippen molar-refractivity contribution in [3.8, 4) is 6.07 Å². The minimum atomic E-state index is -0.520. The summed E-state index contributed by atoms with van der Waals surface area (Å²) in [5, 5.41) is 11.2. The van der Waals surface area contributed by atoms with Crippen molar-refractivity contribution in [3.05, 3.63) is 63.6 Å². The lowest BCUT2D eigenvalue weighted by Crippen LogP contribution is -2.24. The molecule has 0 atom stereocenters. The van der Waals surface area contributed by atoms with E-state index in [1.807, 2.05) is 6.07 Å². The molecule has 1 amide bonds. The highest BCUT2D eigenvalue weighted by Gasteiger charge is 2.09. The van der Waals surface area contributed by atoms with Crippen LogP contribution in [0.4, 0.5) is 4.39 Å².